The van der Waals surface area contributed by atoms with E-state index in [0.29, 0.717) is 17.3 Å². The molecule has 274 valence electrons. The normalized spacial score (nSPS) is 20.7. The van der Waals surface area contributed by atoms with Gasteiger partial charge in [0, 0.05) is 21.5 Å². The Morgan fingerprint density at radius 1 is 0.885 bits per heavy atom. The Balaban J connectivity index is 0.000000226. The first-order valence-corrected chi connectivity index (χ1v) is 19.3. The topological polar surface area (TPSA) is 69.4 Å². The number of allylic oxidation sites excluding steroid dienone is 1. The van der Waals surface area contributed by atoms with Gasteiger partial charge < -0.3 is 9.29 Å². The highest BCUT2D eigenvalue weighted by atomic mass is 35.5. The summed E-state index contributed by atoms with van der Waals surface area (Å²) < 4.78 is 41.7. The van der Waals surface area contributed by atoms with Gasteiger partial charge >= 0.3 is 5.90 Å². The minimum Gasteiger partial charge on any atom is -0.744 e. The summed E-state index contributed by atoms with van der Waals surface area (Å²) in [5, 5.41) is 2.77. The van der Waals surface area contributed by atoms with Crippen LogP contribution in [0.4, 0.5) is 0 Å². The van der Waals surface area contributed by atoms with Crippen LogP contribution in [0.5, 0.6) is 0 Å². The number of benzene rings is 5. The smallest absolute Gasteiger partial charge is 0.343 e. The van der Waals surface area contributed by atoms with Crippen LogP contribution in [0, 0.1) is 18.3 Å². The zero-order valence-electron chi connectivity index (χ0n) is 29.5. The second-order valence-corrected chi connectivity index (χ2v) is 16.1. The van der Waals surface area contributed by atoms with Crippen LogP contribution >= 0.6 is 23.2 Å². The van der Waals surface area contributed by atoms with Crippen molar-refractivity contribution in [3.63, 3.8) is 0 Å². The van der Waals surface area contributed by atoms with Crippen molar-refractivity contribution in [2.75, 3.05) is 6.61 Å². The molecule has 0 spiro atoms. The molecule has 4 atom stereocenters. The minimum absolute atomic E-state index is 0. The Kier molecular flexibility index (Phi) is 13.9. The SMILES string of the molecule is C.C=CC[C@@]1(C)C[C@H](c2cccc(Cl)c2)C(c2ccc(Cl)cc2)[N+]2=C1OC[C@@H]2C(C)C.Cc1ccccc1.O=S(=O)([O-])c1cccc2ccccc12. The lowest BCUT2D eigenvalue weighted by molar-refractivity contribution is -0.616. The first kappa shape index (κ1) is 40.8. The van der Waals surface area contributed by atoms with Crippen LogP contribution in [-0.2, 0) is 14.9 Å². The zero-order chi connectivity index (χ0) is 36.8. The van der Waals surface area contributed by atoms with Crippen molar-refractivity contribution in [3.05, 3.63) is 161 Å². The predicted molar refractivity (Wildman–Crippen MR) is 216 cm³/mol. The van der Waals surface area contributed by atoms with Gasteiger partial charge in [-0.1, -0.05) is 147 Å². The van der Waals surface area contributed by atoms with Gasteiger partial charge in [0.2, 0.25) is 0 Å². The first-order valence-electron chi connectivity index (χ1n) is 17.2. The molecule has 0 aliphatic carbocycles. The summed E-state index contributed by atoms with van der Waals surface area (Å²) in [7, 11) is -4.38. The van der Waals surface area contributed by atoms with E-state index >= 15 is 0 Å². The van der Waals surface area contributed by atoms with E-state index in [4.69, 9.17) is 27.9 Å². The maximum Gasteiger partial charge on any atom is 0.343 e. The second kappa shape index (κ2) is 17.7. The molecule has 2 aliphatic heterocycles. The molecule has 0 amide bonds. The lowest BCUT2D eigenvalue weighted by Crippen LogP contribution is -2.46. The van der Waals surface area contributed by atoms with Gasteiger partial charge in [-0.2, -0.15) is 4.58 Å². The zero-order valence-corrected chi connectivity index (χ0v) is 31.8. The monoisotopic (exact) mass is 757 g/mol. The van der Waals surface area contributed by atoms with E-state index in [9.17, 15) is 13.0 Å². The van der Waals surface area contributed by atoms with Gasteiger partial charge in [-0.3, -0.25) is 0 Å². The summed E-state index contributed by atoms with van der Waals surface area (Å²) in [6.45, 7) is 13.7. The van der Waals surface area contributed by atoms with Gasteiger partial charge in [0.1, 0.15) is 10.1 Å². The molecule has 1 unspecified atom stereocenters. The Bertz CT molecular complexity index is 2090. The first-order chi connectivity index (χ1) is 24.3. The number of halogens is 2. The van der Waals surface area contributed by atoms with E-state index in [1.54, 1.807) is 36.4 Å². The molecule has 5 aromatic rings. The van der Waals surface area contributed by atoms with Crippen molar-refractivity contribution >= 4 is 50.0 Å². The number of hydrogen-bond donors (Lipinski definition) is 0. The quantitative estimate of drug-likeness (QED) is 0.0982. The summed E-state index contributed by atoms with van der Waals surface area (Å²) in [5.74, 6) is 1.87. The summed E-state index contributed by atoms with van der Waals surface area (Å²) >= 11 is 12.7. The summed E-state index contributed by atoms with van der Waals surface area (Å²) in [4.78, 5) is -0.157. The Morgan fingerprint density at radius 2 is 1.52 bits per heavy atom. The van der Waals surface area contributed by atoms with Crippen LogP contribution in [0.15, 0.2) is 139 Å². The molecule has 8 heteroatoms. The third-order valence-electron chi connectivity index (χ3n) is 9.66. The van der Waals surface area contributed by atoms with Crippen LogP contribution in [0.1, 0.15) is 69.7 Å². The van der Waals surface area contributed by atoms with Crippen LogP contribution in [0.25, 0.3) is 10.8 Å². The average Bonchev–Trinajstić information content (AvgIpc) is 3.56. The summed E-state index contributed by atoms with van der Waals surface area (Å²) in [5.41, 5.74) is 3.76. The van der Waals surface area contributed by atoms with Crippen LogP contribution in [0.3, 0.4) is 0 Å². The van der Waals surface area contributed by atoms with Gasteiger partial charge in [-0.05, 0) is 73.4 Å². The molecule has 0 bridgehead atoms. The number of ether oxygens (including phenoxy) is 1. The molecule has 2 heterocycles. The average molecular weight is 759 g/mol. The molecule has 0 saturated carbocycles. The molecule has 0 N–H and O–H groups in total. The Labute approximate surface area is 320 Å². The number of fused-ring (bicyclic) bond motifs is 1. The van der Waals surface area contributed by atoms with Gasteiger partial charge in [-0.15, -0.1) is 6.58 Å². The second-order valence-electron chi connectivity index (χ2n) is 13.8. The van der Waals surface area contributed by atoms with E-state index in [-0.39, 0.29) is 29.7 Å². The van der Waals surface area contributed by atoms with Crippen molar-refractivity contribution in [2.24, 2.45) is 11.3 Å². The molecular weight excluding hydrogens is 709 g/mol. The number of rotatable bonds is 6. The highest BCUT2D eigenvalue weighted by Crippen LogP contribution is 2.51. The fourth-order valence-electron chi connectivity index (χ4n) is 7.21. The lowest BCUT2D eigenvalue weighted by Gasteiger charge is -2.39. The Morgan fingerprint density at radius 3 is 2.12 bits per heavy atom. The molecule has 52 heavy (non-hydrogen) atoms. The third-order valence-corrected chi connectivity index (χ3v) is 11.0. The van der Waals surface area contributed by atoms with E-state index in [1.807, 2.05) is 42.5 Å². The minimum atomic E-state index is -4.38. The number of hydrogen-bond acceptors (Lipinski definition) is 4. The van der Waals surface area contributed by atoms with Crippen LogP contribution in [-0.4, -0.2) is 36.1 Å². The van der Waals surface area contributed by atoms with E-state index in [0.717, 1.165) is 40.8 Å². The fourth-order valence-corrected chi connectivity index (χ4v) is 8.23. The molecule has 0 aromatic heterocycles. The third kappa shape index (κ3) is 9.53. The van der Waals surface area contributed by atoms with Crippen molar-refractivity contribution in [3.8, 4) is 0 Å². The summed E-state index contributed by atoms with van der Waals surface area (Å²) in [6.07, 6.45) is 3.88. The van der Waals surface area contributed by atoms with Gasteiger partial charge in [0.25, 0.3) is 0 Å². The van der Waals surface area contributed by atoms with Crippen LogP contribution < -0.4 is 0 Å². The van der Waals surface area contributed by atoms with Crippen LogP contribution in [0.2, 0.25) is 10.0 Å². The van der Waals surface area contributed by atoms with Crippen molar-refractivity contribution < 1.29 is 22.3 Å². The largest absolute Gasteiger partial charge is 0.744 e. The lowest BCUT2D eigenvalue weighted by atomic mass is 9.69. The molecule has 0 fully saturated rings. The molecule has 5 aromatic carbocycles. The van der Waals surface area contributed by atoms with E-state index in [1.165, 1.54) is 22.8 Å². The summed E-state index contributed by atoms with van der Waals surface area (Å²) in [6, 6.07) is 38.9. The highest BCUT2D eigenvalue weighted by molar-refractivity contribution is 7.86. The van der Waals surface area contributed by atoms with Crippen molar-refractivity contribution in [2.45, 2.75) is 70.9 Å². The van der Waals surface area contributed by atoms with Gasteiger partial charge in [0.15, 0.2) is 18.7 Å². The van der Waals surface area contributed by atoms with Crippen molar-refractivity contribution in [1.29, 1.82) is 0 Å². The van der Waals surface area contributed by atoms with Gasteiger partial charge in [-0.25, -0.2) is 8.42 Å². The maximum atomic E-state index is 10.9. The number of aryl methyl sites for hydroxylation is 1. The maximum absolute atomic E-state index is 10.9. The predicted octanol–water partition coefficient (Wildman–Crippen LogP) is 11.6. The van der Waals surface area contributed by atoms with E-state index in [2.05, 4.69) is 81.3 Å². The molecule has 7 rings (SSSR count). The van der Waals surface area contributed by atoms with E-state index < -0.39 is 10.1 Å². The standard InChI is InChI=1S/C26H30Cl2NO.C10H8O3S.C7H8.CH4/c1-5-13-26(4)15-22(19-7-6-8-21(28)14-19)24(18-9-11-20(27)12-10-18)29-23(17(2)3)16-30-25(26)29;11-14(12,13)10-7-3-5-8-4-1-2-6-9(8)10;1-7-5-3-2-4-6-7;/h5-12,14,17,22-24H,1,13,15-16H2,2-4H3;1-7H,(H,11,12,13);2-6H,1H3;1H4/q+1;;;/p-1/t22-,23-,24?,26+;;;/m1.../s1. The molecule has 0 radical (unpaired) electrons. The highest BCUT2D eigenvalue weighted by Gasteiger charge is 2.57. The fraction of sp³-hybridized carbons (Fsp3) is 0.295. The van der Waals surface area contributed by atoms with Gasteiger partial charge in [0.05, 0.1) is 16.2 Å². The molecule has 0 saturated heterocycles. The Hall–Kier alpha value is -3.94. The molecule has 2 aliphatic rings. The van der Waals surface area contributed by atoms with Crippen molar-refractivity contribution in [1.82, 2.24) is 0 Å². The molecular formula is C44H49Cl2NO4S. The number of nitrogens with zero attached hydrogens (tertiary/aromatic N) is 1. The molecule has 5 nitrogen and oxygen atoms in total.